The van der Waals surface area contributed by atoms with Crippen molar-refractivity contribution in [2.75, 3.05) is 31.1 Å². The molecule has 120 valence electrons. The highest BCUT2D eigenvalue weighted by atomic mass is 32.1. The molecule has 1 aromatic rings. The predicted molar refractivity (Wildman–Crippen MR) is 95.2 cm³/mol. The molecular formula is C17H26N4S. The van der Waals surface area contributed by atoms with Crippen molar-refractivity contribution in [3.63, 3.8) is 0 Å². The van der Waals surface area contributed by atoms with E-state index < -0.39 is 0 Å². The first kappa shape index (κ1) is 15.5. The highest BCUT2D eigenvalue weighted by Gasteiger charge is 2.25. The summed E-state index contributed by atoms with van der Waals surface area (Å²) >= 11 is 5.64. The molecule has 1 aliphatic carbocycles. The van der Waals surface area contributed by atoms with Crippen molar-refractivity contribution in [3.05, 3.63) is 24.4 Å². The van der Waals surface area contributed by atoms with Gasteiger partial charge >= 0.3 is 0 Å². The van der Waals surface area contributed by atoms with Crippen LogP contribution in [0.5, 0.6) is 0 Å². The number of hydrogen-bond acceptors (Lipinski definition) is 3. The molecule has 22 heavy (non-hydrogen) atoms. The number of anilines is 1. The van der Waals surface area contributed by atoms with Crippen molar-refractivity contribution in [2.45, 2.75) is 38.6 Å². The molecule has 2 heterocycles. The van der Waals surface area contributed by atoms with Gasteiger partial charge in [0, 0.05) is 38.4 Å². The maximum absolute atomic E-state index is 5.64. The number of pyridine rings is 1. The Hall–Kier alpha value is -1.36. The molecule has 0 unspecified atom stereocenters. The Balaban J connectivity index is 1.49. The van der Waals surface area contributed by atoms with Crippen molar-refractivity contribution in [3.8, 4) is 0 Å². The van der Waals surface area contributed by atoms with E-state index in [4.69, 9.17) is 12.2 Å². The van der Waals surface area contributed by atoms with Gasteiger partial charge in [0.05, 0.1) is 0 Å². The highest BCUT2D eigenvalue weighted by molar-refractivity contribution is 7.80. The zero-order chi connectivity index (χ0) is 15.4. The number of aromatic nitrogens is 1. The van der Waals surface area contributed by atoms with Crippen molar-refractivity contribution in [2.24, 2.45) is 5.92 Å². The molecule has 5 heteroatoms. The molecule has 2 fully saturated rings. The number of nitrogens with one attached hydrogen (secondary N) is 1. The van der Waals surface area contributed by atoms with Crippen LogP contribution in [0.3, 0.4) is 0 Å². The zero-order valence-corrected chi connectivity index (χ0v) is 14.2. The fourth-order valence-corrected chi connectivity index (χ4v) is 3.79. The van der Waals surface area contributed by atoms with Crippen molar-refractivity contribution in [1.29, 1.82) is 0 Å². The van der Waals surface area contributed by atoms with Crippen LogP contribution in [-0.4, -0.2) is 47.2 Å². The van der Waals surface area contributed by atoms with Gasteiger partial charge in [-0.05, 0) is 43.1 Å². The SMILES string of the molecule is C[C@@H]1CCCC[C@@H]1NC(=S)N1CCN(c2ccccn2)CC1. The molecule has 0 bridgehead atoms. The van der Waals surface area contributed by atoms with Crippen LogP contribution in [0.4, 0.5) is 5.82 Å². The van der Waals surface area contributed by atoms with Gasteiger partial charge in [-0.2, -0.15) is 0 Å². The van der Waals surface area contributed by atoms with Crippen molar-refractivity contribution < 1.29 is 0 Å². The largest absolute Gasteiger partial charge is 0.360 e. The first-order valence-corrected chi connectivity index (χ1v) is 8.86. The van der Waals surface area contributed by atoms with Crippen molar-refractivity contribution >= 4 is 23.1 Å². The van der Waals surface area contributed by atoms with Crippen LogP contribution >= 0.6 is 12.2 Å². The van der Waals surface area contributed by atoms with Gasteiger partial charge in [-0.1, -0.05) is 25.8 Å². The summed E-state index contributed by atoms with van der Waals surface area (Å²) in [6.07, 6.45) is 7.15. The van der Waals surface area contributed by atoms with Crippen LogP contribution in [0.15, 0.2) is 24.4 Å². The molecule has 1 aromatic heterocycles. The fraction of sp³-hybridized carbons (Fsp3) is 0.647. The number of hydrogen-bond donors (Lipinski definition) is 1. The van der Waals surface area contributed by atoms with Gasteiger partial charge in [-0.15, -0.1) is 0 Å². The van der Waals surface area contributed by atoms with E-state index in [1.165, 1.54) is 25.7 Å². The number of piperazine rings is 1. The molecular weight excluding hydrogens is 292 g/mol. The Morgan fingerprint density at radius 1 is 1.18 bits per heavy atom. The third-order valence-corrected chi connectivity index (χ3v) is 5.34. The number of rotatable bonds is 2. The molecule has 4 nitrogen and oxygen atoms in total. The molecule has 0 aromatic carbocycles. The van der Waals surface area contributed by atoms with E-state index in [1.807, 2.05) is 18.3 Å². The minimum Gasteiger partial charge on any atom is -0.360 e. The third-order valence-electron chi connectivity index (χ3n) is 4.96. The summed E-state index contributed by atoms with van der Waals surface area (Å²) < 4.78 is 0. The maximum atomic E-state index is 5.64. The molecule has 0 spiro atoms. The maximum Gasteiger partial charge on any atom is 0.169 e. The minimum atomic E-state index is 0.565. The lowest BCUT2D eigenvalue weighted by Crippen LogP contribution is -2.54. The molecule has 1 aliphatic heterocycles. The van der Waals surface area contributed by atoms with Crippen LogP contribution in [0, 0.1) is 5.92 Å². The van der Waals surface area contributed by atoms with E-state index in [-0.39, 0.29) is 0 Å². The smallest absolute Gasteiger partial charge is 0.169 e. The standard InChI is InChI=1S/C17H26N4S/c1-14-6-2-3-7-15(14)19-17(22)21-12-10-20(11-13-21)16-8-4-5-9-18-16/h4-5,8-9,14-15H,2-3,6-7,10-13H2,1H3,(H,19,22)/t14-,15+/m1/s1. The number of nitrogens with zero attached hydrogens (tertiary/aromatic N) is 3. The zero-order valence-electron chi connectivity index (χ0n) is 13.4. The third kappa shape index (κ3) is 3.69. The topological polar surface area (TPSA) is 31.4 Å². The first-order chi connectivity index (χ1) is 10.7. The number of thiocarbonyl (C=S) groups is 1. The summed E-state index contributed by atoms with van der Waals surface area (Å²) in [5.41, 5.74) is 0. The van der Waals surface area contributed by atoms with Crippen molar-refractivity contribution in [1.82, 2.24) is 15.2 Å². The van der Waals surface area contributed by atoms with E-state index in [0.29, 0.717) is 6.04 Å². The van der Waals surface area contributed by atoms with Gasteiger partial charge in [0.25, 0.3) is 0 Å². The predicted octanol–water partition coefficient (Wildman–Crippen LogP) is 2.66. The molecule has 0 radical (unpaired) electrons. The van der Waals surface area contributed by atoms with Crippen LogP contribution in [-0.2, 0) is 0 Å². The van der Waals surface area contributed by atoms with Crippen LogP contribution in [0.1, 0.15) is 32.6 Å². The fourth-order valence-electron chi connectivity index (χ4n) is 3.46. The lowest BCUT2D eigenvalue weighted by atomic mass is 9.86. The second kappa shape index (κ2) is 7.27. The quantitative estimate of drug-likeness (QED) is 0.847. The van der Waals surface area contributed by atoms with Gasteiger partial charge in [0.1, 0.15) is 5.82 Å². The molecule has 2 atom stereocenters. The Bertz CT molecular complexity index is 485. The van der Waals surface area contributed by atoms with Gasteiger partial charge < -0.3 is 15.1 Å². The molecule has 1 saturated carbocycles. The van der Waals surface area contributed by atoms with E-state index in [2.05, 4.69) is 33.1 Å². The summed E-state index contributed by atoms with van der Waals surface area (Å²) in [6.45, 7) is 6.27. The first-order valence-electron chi connectivity index (χ1n) is 8.45. The molecule has 1 N–H and O–H groups in total. The second-order valence-electron chi connectivity index (χ2n) is 6.48. The average Bonchev–Trinajstić information content (AvgIpc) is 2.58. The molecule has 1 saturated heterocycles. The van der Waals surface area contributed by atoms with Gasteiger partial charge in [0.2, 0.25) is 0 Å². The summed E-state index contributed by atoms with van der Waals surface area (Å²) in [6, 6.07) is 6.65. The highest BCUT2D eigenvalue weighted by Crippen LogP contribution is 2.24. The van der Waals surface area contributed by atoms with Crippen LogP contribution in [0.25, 0.3) is 0 Å². The summed E-state index contributed by atoms with van der Waals surface area (Å²) in [5.74, 6) is 1.81. The minimum absolute atomic E-state index is 0.565. The lowest BCUT2D eigenvalue weighted by Gasteiger charge is -2.39. The van der Waals surface area contributed by atoms with Crippen LogP contribution in [0.2, 0.25) is 0 Å². The Kier molecular flexibility index (Phi) is 5.13. The van der Waals surface area contributed by atoms with Crippen LogP contribution < -0.4 is 10.2 Å². The monoisotopic (exact) mass is 318 g/mol. The van der Waals surface area contributed by atoms with Gasteiger partial charge in [0.15, 0.2) is 5.11 Å². The molecule has 2 aliphatic rings. The summed E-state index contributed by atoms with van der Waals surface area (Å²) in [4.78, 5) is 9.09. The Morgan fingerprint density at radius 2 is 1.95 bits per heavy atom. The van der Waals surface area contributed by atoms with E-state index in [0.717, 1.165) is 43.0 Å². The summed E-state index contributed by atoms with van der Waals surface area (Å²) in [7, 11) is 0. The Morgan fingerprint density at radius 3 is 2.64 bits per heavy atom. The summed E-state index contributed by atoms with van der Waals surface area (Å²) in [5, 5.41) is 4.56. The van der Waals surface area contributed by atoms with Gasteiger partial charge in [-0.3, -0.25) is 0 Å². The molecule has 3 rings (SSSR count). The Labute approximate surface area is 138 Å². The lowest BCUT2D eigenvalue weighted by molar-refractivity contribution is 0.293. The van der Waals surface area contributed by atoms with E-state index in [9.17, 15) is 0 Å². The average molecular weight is 318 g/mol. The second-order valence-corrected chi connectivity index (χ2v) is 6.87. The normalized spacial score (nSPS) is 25.9. The van der Waals surface area contributed by atoms with E-state index in [1.54, 1.807) is 0 Å². The molecule has 0 amide bonds. The van der Waals surface area contributed by atoms with Gasteiger partial charge in [-0.25, -0.2) is 4.98 Å². The van der Waals surface area contributed by atoms with E-state index >= 15 is 0 Å².